The fourth-order valence-electron chi connectivity index (χ4n) is 0.512. The molecule has 3 heteroatoms. The molecule has 11 heavy (non-hydrogen) atoms. The molecule has 0 heterocycles. The van der Waals surface area contributed by atoms with Crippen molar-refractivity contribution in [1.29, 1.82) is 0 Å². The van der Waals surface area contributed by atoms with Gasteiger partial charge < -0.3 is 4.74 Å². The van der Waals surface area contributed by atoms with Gasteiger partial charge in [0.15, 0.2) is 6.33 Å². The van der Waals surface area contributed by atoms with E-state index in [4.69, 9.17) is 0 Å². The van der Waals surface area contributed by atoms with Crippen molar-refractivity contribution in [2.45, 2.75) is 19.8 Å². The van der Waals surface area contributed by atoms with Crippen LogP contribution in [-0.2, 0) is 4.74 Å². The van der Waals surface area contributed by atoms with E-state index in [1.807, 2.05) is 13.0 Å². The second-order valence-corrected chi connectivity index (χ2v) is 1.98. The van der Waals surface area contributed by atoms with E-state index in [9.17, 15) is 8.78 Å². The van der Waals surface area contributed by atoms with Crippen LogP contribution < -0.4 is 0 Å². The predicted octanol–water partition coefficient (Wildman–Crippen LogP) is 3.10. The Labute approximate surface area is 65.4 Å². The molecular weight excluding hydrogens is 150 g/mol. The fraction of sp³-hybridized carbons (Fsp3) is 0.500. The summed E-state index contributed by atoms with van der Waals surface area (Å²) in [5, 5.41) is 0. The van der Waals surface area contributed by atoms with E-state index in [1.54, 1.807) is 6.08 Å². The van der Waals surface area contributed by atoms with Gasteiger partial charge in [0, 0.05) is 0 Å². The van der Waals surface area contributed by atoms with Crippen molar-refractivity contribution < 1.29 is 13.5 Å². The smallest absolute Gasteiger partial charge is 0.301 e. The zero-order valence-corrected chi connectivity index (χ0v) is 6.52. The van der Waals surface area contributed by atoms with E-state index in [0.717, 1.165) is 12.8 Å². The van der Waals surface area contributed by atoms with Crippen LogP contribution in [0.3, 0.4) is 0 Å². The lowest BCUT2D eigenvalue weighted by Crippen LogP contribution is -1.85. The molecule has 0 spiro atoms. The van der Waals surface area contributed by atoms with Gasteiger partial charge in [-0.1, -0.05) is 25.5 Å². The van der Waals surface area contributed by atoms with Gasteiger partial charge in [0.1, 0.15) is 6.61 Å². The van der Waals surface area contributed by atoms with E-state index < -0.39 is 6.01 Å². The number of halogens is 2. The normalized spacial score (nSPS) is 12.5. The van der Waals surface area contributed by atoms with Crippen LogP contribution in [0.2, 0.25) is 0 Å². The van der Waals surface area contributed by atoms with Crippen LogP contribution in [0.5, 0.6) is 0 Å². The Morgan fingerprint density at radius 2 is 2.18 bits per heavy atom. The van der Waals surface area contributed by atoms with E-state index in [-0.39, 0.29) is 12.9 Å². The first-order chi connectivity index (χ1) is 5.31. The van der Waals surface area contributed by atoms with Crippen molar-refractivity contribution in [1.82, 2.24) is 0 Å². The van der Waals surface area contributed by atoms with Crippen LogP contribution in [0, 0.1) is 0 Å². The van der Waals surface area contributed by atoms with Gasteiger partial charge in [-0.2, -0.15) is 4.39 Å². The molecule has 0 aromatic heterocycles. The molecule has 0 fully saturated rings. The van der Waals surface area contributed by atoms with E-state index in [1.165, 1.54) is 0 Å². The Balaban J connectivity index is 3.26. The molecule has 0 aliphatic heterocycles. The molecule has 64 valence electrons. The molecule has 0 bridgehead atoms. The number of hydrogen-bond donors (Lipinski definition) is 0. The summed E-state index contributed by atoms with van der Waals surface area (Å²) in [7, 11) is 0. The maximum absolute atomic E-state index is 11.9. The molecule has 0 aliphatic carbocycles. The van der Waals surface area contributed by atoms with Gasteiger partial charge in [-0.05, 0) is 6.42 Å². The Kier molecular flexibility index (Phi) is 6.68. The first kappa shape index (κ1) is 10.1. The molecule has 0 amide bonds. The summed E-state index contributed by atoms with van der Waals surface area (Å²) in [6.07, 6.45) is 5.30. The van der Waals surface area contributed by atoms with Gasteiger partial charge in [-0.15, -0.1) is 0 Å². The molecule has 0 saturated heterocycles. The fourth-order valence-corrected chi connectivity index (χ4v) is 0.512. The lowest BCUT2D eigenvalue weighted by Gasteiger charge is -1.95. The lowest BCUT2D eigenvalue weighted by atomic mass is 10.3. The largest absolute Gasteiger partial charge is 0.465 e. The number of unbranched alkanes of at least 4 members (excludes halogenated alkanes) is 1. The topological polar surface area (TPSA) is 9.23 Å². The van der Waals surface area contributed by atoms with Crippen LogP contribution in [0.25, 0.3) is 0 Å². The summed E-state index contributed by atoms with van der Waals surface area (Å²) in [4.78, 5) is 0. The maximum Gasteiger partial charge on any atom is 0.301 e. The van der Waals surface area contributed by atoms with Gasteiger partial charge in [0.25, 0.3) is 0 Å². The SMILES string of the molecule is CCC/C=C/CO/C(F)=C/F. The van der Waals surface area contributed by atoms with Crippen LogP contribution >= 0.6 is 0 Å². The van der Waals surface area contributed by atoms with Crippen molar-refractivity contribution in [2.24, 2.45) is 0 Å². The summed E-state index contributed by atoms with van der Waals surface area (Å²) in [5.41, 5.74) is 0. The minimum atomic E-state index is -1.17. The highest BCUT2D eigenvalue weighted by Gasteiger charge is 1.89. The van der Waals surface area contributed by atoms with Gasteiger partial charge >= 0.3 is 6.01 Å². The highest BCUT2D eigenvalue weighted by atomic mass is 19.2. The molecule has 1 nitrogen and oxygen atoms in total. The second-order valence-electron chi connectivity index (χ2n) is 1.98. The van der Waals surface area contributed by atoms with E-state index in [2.05, 4.69) is 4.74 Å². The van der Waals surface area contributed by atoms with E-state index >= 15 is 0 Å². The van der Waals surface area contributed by atoms with Crippen molar-refractivity contribution in [3.8, 4) is 0 Å². The highest BCUT2D eigenvalue weighted by Crippen LogP contribution is 1.98. The zero-order chi connectivity index (χ0) is 8.53. The molecule has 0 radical (unpaired) electrons. The van der Waals surface area contributed by atoms with Gasteiger partial charge in [0.05, 0.1) is 0 Å². The third-order valence-electron chi connectivity index (χ3n) is 1.03. The van der Waals surface area contributed by atoms with Crippen LogP contribution in [0.4, 0.5) is 8.78 Å². The molecule has 0 aliphatic rings. The Morgan fingerprint density at radius 1 is 1.45 bits per heavy atom. The number of allylic oxidation sites excluding steroid dienone is 1. The summed E-state index contributed by atoms with van der Waals surface area (Å²) < 4.78 is 27.4. The van der Waals surface area contributed by atoms with Crippen molar-refractivity contribution >= 4 is 0 Å². The Bertz CT molecular complexity index is 141. The number of hydrogen-bond acceptors (Lipinski definition) is 1. The van der Waals surface area contributed by atoms with Gasteiger partial charge in [0.2, 0.25) is 0 Å². The average molecular weight is 162 g/mol. The molecule has 0 saturated carbocycles. The number of ether oxygens (including phenoxy) is 1. The van der Waals surface area contributed by atoms with Crippen molar-refractivity contribution in [3.63, 3.8) is 0 Å². The lowest BCUT2D eigenvalue weighted by molar-refractivity contribution is 0.164. The highest BCUT2D eigenvalue weighted by molar-refractivity contribution is 4.83. The standard InChI is InChI=1S/C8H12F2O/c1-2-3-4-5-6-11-8(10)7-9/h4-5,7H,2-3,6H2,1H3/b5-4+,8-7+. The van der Waals surface area contributed by atoms with Gasteiger partial charge in [-0.3, -0.25) is 0 Å². The van der Waals surface area contributed by atoms with Crippen LogP contribution in [-0.4, -0.2) is 6.61 Å². The molecule has 0 rings (SSSR count). The minimum absolute atomic E-state index is 0.0895. The molecule has 0 aromatic rings. The number of rotatable bonds is 5. The van der Waals surface area contributed by atoms with Gasteiger partial charge in [-0.25, -0.2) is 4.39 Å². The second kappa shape index (κ2) is 7.25. The monoisotopic (exact) mass is 162 g/mol. The third-order valence-corrected chi connectivity index (χ3v) is 1.03. The summed E-state index contributed by atoms with van der Waals surface area (Å²) in [6.45, 7) is 2.12. The quantitative estimate of drug-likeness (QED) is 0.446. The molecular formula is C8H12F2O. The zero-order valence-electron chi connectivity index (χ0n) is 6.52. The van der Waals surface area contributed by atoms with Crippen LogP contribution in [0.15, 0.2) is 24.5 Å². The molecule has 0 N–H and O–H groups in total. The first-order valence-corrected chi connectivity index (χ1v) is 3.55. The molecule has 0 unspecified atom stereocenters. The molecule has 0 atom stereocenters. The minimum Gasteiger partial charge on any atom is -0.465 e. The predicted molar refractivity (Wildman–Crippen MR) is 40.3 cm³/mol. The average Bonchev–Trinajstić information content (AvgIpc) is 2.04. The van der Waals surface area contributed by atoms with E-state index in [0.29, 0.717) is 0 Å². The summed E-state index contributed by atoms with van der Waals surface area (Å²) >= 11 is 0. The third kappa shape index (κ3) is 7.03. The Morgan fingerprint density at radius 3 is 2.73 bits per heavy atom. The van der Waals surface area contributed by atoms with Crippen molar-refractivity contribution in [3.05, 3.63) is 24.5 Å². The van der Waals surface area contributed by atoms with Crippen LogP contribution in [0.1, 0.15) is 19.8 Å². The maximum atomic E-state index is 11.9. The first-order valence-electron chi connectivity index (χ1n) is 3.55. The Hall–Kier alpha value is -0.860. The van der Waals surface area contributed by atoms with Crippen molar-refractivity contribution in [2.75, 3.05) is 6.61 Å². The molecule has 0 aromatic carbocycles. The summed E-state index contributed by atoms with van der Waals surface area (Å²) in [5.74, 6) is 0. The summed E-state index contributed by atoms with van der Waals surface area (Å²) in [6, 6.07) is -1.17.